The number of hydrogen-bond donors (Lipinski definition) is 0. The van der Waals surface area contributed by atoms with E-state index in [9.17, 15) is 0 Å². The summed E-state index contributed by atoms with van der Waals surface area (Å²) < 4.78 is 12.7. The van der Waals surface area contributed by atoms with Crippen LogP contribution < -0.4 is 0 Å². The smallest absolute Gasteiger partial charge is 0.144 e. The van der Waals surface area contributed by atoms with Gasteiger partial charge in [0.1, 0.15) is 16.7 Å². The number of fused-ring (bicyclic) bond motifs is 7. The van der Waals surface area contributed by atoms with Crippen LogP contribution in [0.25, 0.3) is 87.8 Å². The maximum Gasteiger partial charge on any atom is 0.144 e. The van der Waals surface area contributed by atoms with Crippen molar-refractivity contribution in [2.24, 2.45) is 0 Å². The Labute approximate surface area is 242 Å². The average molecular weight is 537 g/mol. The zero-order valence-electron chi connectivity index (χ0n) is 22.7. The molecular formula is C40H24O2. The SMILES string of the molecule is c1ccc(-c2cccc(-c3c4ccccc4c(-c4cc5occc5c5c4oc4ccccc45)c4ccccc34)c2)cc1. The molecule has 7 aromatic carbocycles. The molecule has 0 aliphatic heterocycles. The summed E-state index contributed by atoms with van der Waals surface area (Å²) in [5, 5.41) is 8.05. The predicted octanol–water partition coefficient (Wildman–Crippen LogP) is 11.6. The minimum absolute atomic E-state index is 0.858. The number of benzene rings is 7. The van der Waals surface area contributed by atoms with Crippen molar-refractivity contribution in [3.8, 4) is 33.4 Å². The first-order valence-electron chi connectivity index (χ1n) is 14.3. The molecule has 2 heteroatoms. The standard InChI is InChI=1S/C40H24O2/c1-2-11-25(12-3-1)26-13-10-14-27(23-26)37-28-15-4-6-17-30(28)38(31-18-7-5-16-29(31)37)34-24-36-33(21-22-41-36)39-32-19-8-9-20-35(32)42-40(34)39/h1-24H. The van der Waals surface area contributed by atoms with Gasteiger partial charge in [0.2, 0.25) is 0 Å². The molecule has 0 spiro atoms. The fourth-order valence-corrected chi connectivity index (χ4v) is 6.74. The van der Waals surface area contributed by atoms with Gasteiger partial charge in [0.15, 0.2) is 0 Å². The monoisotopic (exact) mass is 536 g/mol. The molecule has 2 nitrogen and oxygen atoms in total. The molecular weight excluding hydrogens is 512 g/mol. The van der Waals surface area contributed by atoms with Gasteiger partial charge in [0.05, 0.1) is 6.26 Å². The van der Waals surface area contributed by atoms with Crippen molar-refractivity contribution in [3.05, 3.63) is 146 Å². The number of furan rings is 2. The van der Waals surface area contributed by atoms with Gasteiger partial charge in [-0.2, -0.15) is 0 Å². The Kier molecular flexibility index (Phi) is 4.93. The van der Waals surface area contributed by atoms with Crippen LogP contribution in [0, 0.1) is 0 Å². The highest BCUT2D eigenvalue weighted by molar-refractivity contribution is 6.27. The van der Waals surface area contributed by atoms with Crippen molar-refractivity contribution in [2.75, 3.05) is 0 Å². The van der Waals surface area contributed by atoms with Crippen LogP contribution in [0.2, 0.25) is 0 Å². The number of para-hydroxylation sites is 1. The molecule has 42 heavy (non-hydrogen) atoms. The van der Waals surface area contributed by atoms with E-state index in [2.05, 4.69) is 121 Å². The van der Waals surface area contributed by atoms with Crippen molar-refractivity contribution >= 4 is 54.5 Å². The maximum absolute atomic E-state index is 6.65. The molecule has 0 radical (unpaired) electrons. The Bertz CT molecular complexity index is 2400. The minimum atomic E-state index is 0.858. The normalized spacial score (nSPS) is 11.8. The van der Waals surface area contributed by atoms with Crippen molar-refractivity contribution in [1.29, 1.82) is 0 Å². The van der Waals surface area contributed by atoms with Crippen LogP contribution >= 0.6 is 0 Å². The van der Waals surface area contributed by atoms with E-state index < -0.39 is 0 Å². The van der Waals surface area contributed by atoms with Crippen LogP contribution in [-0.2, 0) is 0 Å². The molecule has 196 valence electrons. The summed E-state index contributed by atoms with van der Waals surface area (Å²) >= 11 is 0. The third-order valence-electron chi connectivity index (χ3n) is 8.54. The second kappa shape index (κ2) is 8.95. The maximum atomic E-state index is 6.65. The third kappa shape index (κ3) is 3.33. The quantitative estimate of drug-likeness (QED) is 0.210. The number of rotatable bonds is 3. The fourth-order valence-electron chi connectivity index (χ4n) is 6.74. The van der Waals surface area contributed by atoms with E-state index in [4.69, 9.17) is 8.83 Å². The molecule has 0 aliphatic rings. The fraction of sp³-hybridized carbons (Fsp3) is 0. The van der Waals surface area contributed by atoms with Crippen LogP contribution in [0.4, 0.5) is 0 Å². The van der Waals surface area contributed by atoms with E-state index in [1.54, 1.807) is 6.26 Å². The van der Waals surface area contributed by atoms with Gasteiger partial charge < -0.3 is 8.83 Å². The molecule has 2 heterocycles. The lowest BCUT2D eigenvalue weighted by atomic mass is 9.85. The predicted molar refractivity (Wildman–Crippen MR) is 175 cm³/mol. The van der Waals surface area contributed by atoms with Crippen LogP contribution in [0.5, 0.6) is 0 Å². The third-order valence-corrected chi connectivity index (χ3v) is 8.54. The van der Waals surface area contributed by atoms with E-state index in [-0.39, 0.29) is 0 Å². The van der Waals surface area contributed by atoms with Crippen LogP contribution in [-0.4, -0.2) is 0 Å². The Morgan fingerprint density at radius 2 is 0.952 bits per heavy atom. The topological polar surface area (TPSA) is 26.3 Å². The Hall–Kier alpha value is -5.60. The largest absolute Gasteiger partial charge is 0.464 e. The molecule has 9 aromatic rings. The van der Waals surface area contributed by atoms with Gasteiger partial charge in [-0.05, 0) is 68.1 Å². The van der Waals surface area contributed by atoms with Gasteiger partial charge in [-0.1, -0.05) is 115 Å². The number of hydrogen-bond acceptors (Lipinski definition) is 2. The van der Waals surface area contributed by atoms with E-state index >= 15 is 0 Å². The van der Waals surface area contributed by atoms with Crippen LogP contribution in [0.3, 0.4) is 0 Å². The second-order valence-corrected chi connectivity index (χ2v) is 10.8. The first-order valence-corrected chi connectivity index (χ1v) is 14.3. The second-order valence-electron chi connectivity index (χ2n) is 10.8. The lowest BCUT2D eigenvalue weighted by molar-refractivity contribution is 0.615. The molecule has 0 bridgehead atoms. The van der Waals surface area contributed by atoms with Crippen LogP contribution in [0.15, 0.2) is 155 Å². The molecule has 0 amide bonds. The zero-order valence-corrected chi connectivity index (χ0v) is 22.7. The van der Waals surface area contributed by atoms with Gasteiger partial charge in [-0.15, -0.1) is 0 Å². The molecule has 0 unspecified atom stereocenters. The lowest BCUT2D eigenvalue weighted by Crippen LogP contribution is -1.91. The van der Waals surface area contributed by atoms with E-state index in [1.807, 2.05) is 18.2 Å². The Morgan fingerprint density at radius 1 is 0.381 bits per heavy atom. The van der Waals surface area contributed by atoms with E-state index in [0.29, 0.717) is 0 Å². The summed E-state index contributed by atoms with van der Waals surface area (Å²) in [5.74, 6) is 0. The summed E-state index contributed by atoms with van der Waals surface area (Å²) in [5.41, 5.74) is 9.68. The summed E-state index contributed by atoms with van der Waals surface area (Å²) in [4.78, 5) is 0. The molecule has 0 saturated carbocycles. The van der Waals surface area contributed by atoms with Crippen molar-refractivity contribution in [2.45, 2.75) is 0 Å². The van der Waals surface area contributed by atoms with Gasteiger partial charge in [-0.25, -0.2) is 0 Å². The van der Waals surface area contributed by atoms with Gasteiger partial charge in [0, 0.05) is 27.3 Å². The summed E-state index contributed by atoms with van der Waals surface area (Å²) in [7, 11) is 0. The molecule has 0 saturated heterocycles. The van der Waals surface area contributed by atoms with E-state index in [1.165, 1.54) is 43.8 Å². The first-order chi connectivity index (χ1) is 20.8. The van der Waals surface area contributed by atoms with Crippen molar-refractivity contribution < 1.29 is 8.83 Å². The highest BCUT2D eigenvalue weighted by atomic mass is 16.3. The molecule has 0 fully saturated rings. The van der Waals surface area contributed by atoms with Crippen molar-refractivity contribution in [1.82, 2.24) is 0 Å². The lowest BCUT2D eigenvalue weighted by Gasteiger charge is -2.18. The molecule has 0 N–H and O–H groups in total. The summed E-state index contributed by atoms with van der Waals surface area (Å²) in [6.45, 7) is 0. The highest BCUT2D eigenvalue weighted by Gasteiger charge is 2.22. The zero-order chi connectivity index (χ0) is 27.6. The van der Waals surface area contributed by atoms with E-state index in [0.717, 1.165) is 44.0 Å². The summed E-state index contributed by atoms with van der Waals surface area (Å²) in [6.07, 6.45) is 1.77. The first kappa shape index (κ1) is 23.1. The molecule has 9 rings (SSSR count). The minimum Gasteiger partial charge on any atom is -0.464 e. The average Bonchev–Trinajstić information content (AvgIpc) is 3.68. The van der Waals surface area contributed by atoms with Crippen LogP contribution in [0.1, 0.15) is 0 Å². The molecule has 2 aromatic heterocycles. The molecule has 0 aliphatic carbocycles. The molecule has 0 atom stereocenters. The van der Waals surface area contributed by atoms with Crippen molar-refractivity contribution in [3.63, 3.8) is 0 Å². The Balaban J connectivity index is 1.42. The van der Waals surface area contributed by atoms with Gasteiger partial charge in [-0.3, -0.25) is 0 Å². The van der Waals surface area contributed by atoms with Gasteiger partial charge in [0.25, 0.3) is 0 Å². The Morgan fingerprint density at radius 3 is 1.69 bits per heavy atom. The van der Waals surface area contributed by atoms with Gasteiger partial charge >= 0.3 is 0 Å². The summed E-state index contributed by atoms with van der Waals surface area (Å²) in [6, 6.07) is 49.5. The highest BCUT2D eigenvalue weighted by Crippen LogP contribution is 2.48.